The molecular formula is C18H29F3N2O5S. The number of aliphatic hydroxyl groups is 1. The second kappa shape index (κ2) is 9.17. The maximum atomic E-state index is 12.8. The maximum Gasteiger partial charge on any atom is 0.427 e. The number of amides is 1. The van der Waals surface area contributed by atoms with Gasteiger partial charge in [-0.1, -0.05) is 0 Å². The van der Waals surface area contributed by atoms with E-state index in [4.69, 9.17) is 9.84 Å². The number of aliphatic hydroxyl groups excluding tert-OH is 1. The molecule has 0 aromatic heterocycles. The maximum absolute atomic E-state index is 12.8. The number of carbonyl (C=O) groups excluding carboxylic acids is 1. The molecule has 29 heavy (non-hydrogen) atoms. The van der Waals surface area contributed by atoms with Crippen LogP contribution in [0.2, 0.25) is 0 Å². The summed E-state index contributed by atoms with van der Waals surface area (Å²) in [5.74, 6) is 0. The molecular weight excluding hydrogens is 413 g/mol. The van der Waals surface area contributed by atoms with Crippen molar-refractivity contribution in [1.82, 2.24) is 9.21 Å². The number of nitrogens with zero attached hydrogens (tertiary/aromatic N) is 2. The van der Waals surface area contributed by atoms with Crippen LogP contribution in [0.1, 0.15) is 44.9 Å². The van der Waals surface area contributed by atoms with Gasteiger partial charge in [0, 0.05) is 31.5 Å². The lowest BCUT2D eigenvalue weighted by Gasteiger charge is -2.38. The van der Waals surface area contributed by atoms with Crippen LogP contribution in [0.25, 0.3) is 0 Å². The average Bonchev–Trinajstić information content (AvgIpc) is 3.35. The first-order chi connectivity index (χ1) is 13.6. The summed E-state index contributed by atoms with van der Waals surface area (Å²) >= 11 is -1.04. The molecule has 0 aromatic carbocycles. The highest BCUT2D eigenvalue weighted by molar-refractivity contribution is 7.89. The summed E-state index contributed by atoms with van der Waals surface area (Å²) < 4.78 is 63.2. The van der Waals surface area contributed by atoms with Gasteiger partial charge >= 0.3 is 12.3 Å². The van der Waals surface area contributed by atoms with E-state index in [1.54, 1.807) is 0 Å². The Morgan fingerprint density at radius 2 is 2.00 bits per heavy atom. The Morgan fingerprint density at radius 1 is 1.38 bits per heavy atom. The van der Waals surface area contributed by atoms with Gasteiger partial charge in [0.05, 0.1) is 24.9 Å². The lowest BCUT2D eigenvalue weighted by atomic mass is 9.87. The van der Waals surface area contributed by atoms with E-state index < -0.39 is 41.9 Å². The van der Waals surface area contributed by atoms with Crippen molar-refractivity contribution < 1.29 is 37.1 Å². The van der Waals surface area contributed by atoms with E-state index in [2.05, 4.69) is 4.74 Å². The first-order valence-electron chi connectivity index (χ1n) is 10.1. The van der Waals surface area contributed by atoms with Gasteiger partial charge in [-0.05, 0) is 44.9 Å². The molecule has 0 aromatic rings. The molecule has 168 valence electrons. The number of alkyl halides is 3. The molecule has 3 rings (SSSR count). The Balaban J connectivity index is 1.49. The summed E-state index contributed by atoms with van der Waals surface area (Å²) in [5.41, 5.74) is -0.448. The minimum absolute atomic E-state index is 0.0268. The zero-order valence-electron chi connectivity index (χ0n) is 16.5. The van der Waals surface area contributed by atoms with E-state index in [1.807, 2.05) is 11.4 Å². The monoisotopic (exact) mass is 442 g/mol. The van der Waals surface area contributed by atoms with Crippen molar-refractivity contribution in [3.05, 3.63) is 0 Å². The summed E-state index contributed by atoms with van der Waals surface area (Å²) in [7, 11) is 1.86. The van der Waals surface area contributed by atoms with Crippen molar-refractivity contribution in [2.45, 2.75) is 74.1 Å². The lowest BCUT2D eigenvalue weighted by Crippen LogP contribution is -2.49. The largest absolute Gasteiger partial charge is 0.598 e. The summed E-state index contributed by atoms with van der Waals surface area (Å²) in [6.45, 7) is -0.406. The molecule has 1 aliphatic carbocycles. The zero-order valence-corrected chi connectivity index (χ0v) is 17.3. The number of ether oxygens (including phenoxy) is 2. The molecule has 2 saturated heterocycles. The quantitative estimate of drug-likeness (QED) is 0.657. The number of piperidine rings is 1. The van der Waals surface area contributed by atoms with Crippen molar-refractivity contribution in [3.63, 3.8) is 0 Å². The van der Waals surface area contributed by atoms with Crippen LogP contribution in [0.5, 0.6) is 0 Å². The van der Waals surface area contributed by atoms with Gasteiger partial charge in [0.2, 0.25) is 6.10 Å². The molecule has 7 nitrogen and oxygen atoms in total. The van der Waals surface area contributed by atoms with E-state index >= 15 is 0 Å². The first kappa shape index (κ1) is 22.9. The van der Waals surface area contributed by atoms with Crippen LogP contribution in [0.3, 0.4) is 0 Å². The first-order valence-corrected chi connectivity index (χ1v) is 11.2. The Labute approximate surface area is 171 Å². The van der Waals surface area contributed by atoms with Gasteiger partial charge in [-0.25, -0.2) is 4.79 Å². The van der Waals surface area contributed by atoms with Crippen LogP contribution < -0.4 is 0 Å². The van der Waals surface area contributed by atoms with E-state index in [0.717, 1.165) is 25.7 Å². The fraction of sp³-hybridized carbons (Fsp3) is 0.944. The molecule has 3 atom stereocenters. The zero-order chi connectivity index (χ0) is 21.2. The van der Waals surface area contributed by atoms with E-state index in [-0.39, 0.29) is 24.4 Å². The van der Waals surface area contributed by atoms with E-state index in [0.29, 0.717) is 25.9 Å². The number of likely N-dealkylation sites (N-methyl/N-ethyl adjacent to an activating group) is 1. The van der Waals surface area contributed by atoms with Gasteiger partial charge in [-0.2, -0.15) is 13.2 Å². The van der Waals surface area contributed by atoms with Crippen LogP contribution in [0.15, 0.2) is 0 Å². The van der Waals surface area contributed by atoms with Crippen LogP contribution in [-0.2, 0) is 20.8 Å². The lowest BCUT2D eigenvalue weighted by molar-refractivity contribution is -0.215. The molecule has 3 fully saturated rings. The summed E-state index contributed by atoms with van der Waals surface area (Å²) in [6.07, 6.45) is -2.53. The molecule has 1 spiro atoms. The van der Waals surface area contributed by atoms with Gasteiger partial charge in [0.15, 0.2) is 0 Å². The number of halogens is 3. The fourth-order valence-electron chi connectivity index (χ4n) is 4.37. The number of carbonyl (C=O) groups is 1. The molecule has 0 bridgehead atoms. The standard InChI is InChI=1S/C18H29F3N2O5S/c1-22(29(26)14-4-2-3-5-14)13-10-17(27-12-13)6-8-23(9-7-17)16(25)28-15(11-24)18(19,20)21/h13-15,24H,2-12H2,1H3/t13?,15-,29?/m1/s1. The molecule has 0 radical (unpaired) electrons. The van der Waals surface area contributed by atoms with Crippen molar-refractivity contribution in [3.8, 4) is 0 Å². The van der Waals surface area contributed by atoms with Crippen molar-refractivity contribution in [2.75, 3.05) is 33.4 Å². The Hall–Kier alpha value is -0.750. The molecule has 1 saturated carbocycles. The topological polar surface area (TPSA) is 85.3 Å². The van der Waals surface area contributed by atoms with Crippen LogP contribution in [0, 0.1) is 0 Å². The number of hydrogen-bond acceptors (Lipinski definition) is 6. The summed E-state index contributed by atoms with van der Waals surface area (Å²) in [5, 5.41) is 9.03. The summed E-state index contributed by atoms with van der Waals surface area (Å²) in [4.78, 5) is 13.2. The fourth-order valence-corrected chi connectivity index (χ4v) is 6.01. The molecule has 2 unspecified atom stereocenters. The molecule has 1 amide bonds. The van der Waals surface area contributed by atoms with Crippen molar-refractivity contribution in [1.29, 1.82) is 0 Å². The van der Waals surface area contributed by atoms with Gasteiger partial charge in [0.25, 0.3) is 0 Å². The second-order valence-electron chi connectivity index (χ2n) is 8.16. The third-order valence-corrected chi connectivity index (χ3v) is 8.19. The highest BCUT2D eigenvalue weighted by Crippen LogP contribution is 2.39. The predicted molar refractivity (Wildman–Crippen MR) is 99.5 cm³/mol. The summed E-state index contributed by atoms with van der Waals surface area (Å²) in [6, 6.07) is 0.0268. The van der Waals surface area contributed by atoms with Gasteiger partial charge in [-0.15, -0.1) is 4.31 Å². The van der Waals surface area contributed by atoms with Gasteiger partial charge in [0.1, 0.15) is 5.25 Å². The number of hydrogen-bond donors (Lipinski definition) is 1. The van der Waals surface area contributed by atoms with Gasteiger partial charge < -0.3 is 24.0 Å². The van der Waals surface area contributed by atoms with Crippen LogP contribution >= 0.6 is 0 Å². The van der Waals surface area contributed by atoms with E-state index in [1.165, 1.54) is 4.90 Å². The van der Waals surface area contributed by atoms with Crippen molar-refractivity contribution >= 4 is 17.5 Å². The van der Waals surface area contributed by atoms with Crippen LogP contribution in [-0.4, -0.2) is 87.5 Å². The molecule has 3 aliphatic rings. The Kier molecular flexibility index (Phi) is 7.25. The normalized spacial score (nSPS) is 27.6. The molecule has 2 heterocycles. The predicted octanol–water partition coefficient (Wildman–Crippen LogP) is 2.21. The SMILES string of the molecule is CN(C1COC2(CCN(C(=O)O[C@H](CO)C(F)(F)F)CC2)C1)[S+]([O-])C1CCCC1. The third-order valence-electron chi connectivity index (χ3n) is 6.28. The molecule has 2 aliphatic heterocycles. The minimum atomic E-state index is -4.80. The second-order valence-corrected chi connectivity index (χ2v) is 9.96. The Bertz CT molecular complexity index is 568. The van der Waals surface area contributed by atoms with Crippen LogP contribution in [0.4, 0.5) is 18.0 Å². The Morgan fingerprint density at radius 3 is 2.55 bits per heavy atom. The minimum Gasteiger partial charge on any atom is -0.598 e. The average molecular weight is 443 g/mol. The molecule has 11 heteroatoms. The van der Waals surface area contributed by atoms with Gasteiger partial charge in [-0.3, -0.25) is 0 Å². The highest BCUT2D eigenvalue weighted by Gasteiger charge is 2.48. The highest BCUT2D eigenvalue weighted by atomic mass is 32.2. The number of likely N-dealkylation sites (tertiary alicyclic amines) is 1. The third kappa shape index (κ3) is 5.30. The molecule has 1 N–H and O–H groups in total. The van der Waals surface area contributed by atoms with E-state index in [9.17, 15) is 22.5 Å². The number of rotatable bonds is 5. The van der Waals surface area contributed by atoms with Crippen molar-refractivity contribution in [2.24, 2.45) is 0 Å². The smallest absolute Gasteiger partial charge is 0.427 e.